The molecule has 2 unspecified atom stereocenters. The first-order chi connectivity index (χ1) is 5.27. The van der Waals surface area contributed by atoms with Crippen molar-refractivity contribution in [2.45, 2.75) is 25.9 Å². The van der Waals surface area contributed by atoms with Crippen LogP contribution in [0, 0.1) is 5.92 Å². The van der Waals surface area contributed by atoms with Gasteiger partial charge in [0.15, 0.2) is 0 Å². The summed E-state index contributed by atoms with van der Waals surface area (Å²) < 4.78 is 2.04. The molecule has 1 aromatic heterocycles. The fraction of sp³-hybridized carbons (Fsp3) is 0.714. The van der Waals surface area contributed by atoms with E-state index in [1.54, 1.807) is 6.33 Å². The van der Waals surface area contributed by atoms with Crippen molar-refractivity contribution < 1.29 is 0 Å². The second-order valence-electron chi connectivity index (χ2n) is 3.29. The van der Waals surface area contributed by atoms with E-state index in [1.807, 2.05) is 4.57 Å². The molecule has 2 N–H and O–H groups in total. The van der Waals surface area contributed by atoms with E-state index >= 15 is 0 Å². The Kier molecular flexibility index (Phi) is 1.42. The minimum absolute atomic E-state index is 0.0845. The number of hydrogen-bond donors (Lipinski definition) is 1. The maximum Gasteiger partial charge on any atom is 0.149 e. The lowest BCUT2D eigenvalue weighted by molar-refractivity contribution is 0.346. The number of hydrogen-bond acceptors (Lipinski definition) is 3. The molecule has 0 bridgehead atoms. The van der Waals surface area contributed by atoms with Gasteiger partial charge in [-0.05, 0) is 12.3 Å². The third kappa shape index (κ3) is 1.03. The Morgan fingerprint density at radius 2 is 2.55 bits per heavy atom. The van der Waals surface area contributed by atoms with Crippen LogP contribution in [0.2, 0.25) is 0 Å². The summed E-state index contributed by atoms with van der Waals surface area (Å²) >= 11 is 0. The molecular weight excluding hydrogens is 140 g/mol. The van der Waals surface area contributed by atoms with Crippen LogP contribution in [0.3, 0.4) is 0 Å². The Balaban J connectivity index is 2.36. The van der Waals surface area contributed by atoms with E-state index in [4.69, 9.17) is 5.73 Å². The van der Waals surface area contributed by atoms with Crippen LogP contribution in [0.5, 0.6) is 0 Å². The maximum atomic E-state index is 5.86. The number of rotatable bonds is 0. The van der Waals surface area contributed by atoms with Crippen molar-refractivity contribution in [1.29, 1.82) is 0 Å². The van der Waals surface area contributed by atoms with Gasteiger partial charge in [-0.15, -0.1) is 10.2 Å². The molecule has 4 heteroatoms. The highest BCUT2D eigenvalue weighted by molar-refractivity contribution is 4.97. The van der Waals surface area contributed by atoms with Crippen LogP contribution in [0.1, 0.15) is 25.2 Å². The van der Waals surface area contributed by atoms with E-state index in [0.29, 0.717) is 5.92 Å². The highest BCUT2D eigenvalue weighted by Crippen LogP contribution is 2.23. The molecule has 2 rings (SSSR count). The van der Waals surface area contributed by atoms with Crippen LogP contribution in [-0.4, -0.2) is 14.8 Å². The van der Waals surface area contributed by atoms with E-state index in [0.717, 1.165) is 18.8 Å². The molecule has 0 fully saturated rings. The van der Waals surface area contributed by atoms with E-state index in [-0.39, 0.29) is 6.04 Å². The molecule has 60 valence electrons. The van der Waals surface area contributed by atoms with Crippen molar-refractivity contribution in [3.63, 3.8) is 0 Å². The summed E-state index contributed by atoms with van der Waals surface area (Å²) in [6.07, 6.45) is 2.78. The first-order valence-corrected chi connectivity index (χ1v) is 3.90. The molecular formula is C7H12N4. The van der Waals surface area contributed by atoms with Crippen molar-refractivity contribution in [2.75, 3.05) is 0 Å². The van der Waals surface area contributed by atoms with Crippen molar-refractivity contribution in [3.8, 4) is 0 Å². The standard InChI is InChI=1S/C7H12N4/c1-5-2-6(8)7-10-9-4-11(7)3-5/h4-6H,2-3,8H2,1H3. The number of aromatic nitrogens is 3. The average molecular weight is 152 g/mol. The molecule has 4 nitrogen and oxygen atoms in total. The van der Waals surface area contributed by atoms with Gasteiger partial charge in [-0.25, -0.2) is 0 Å². The normalized spacial score (nSPS) is 30.0. The van der Waals surface area contributed by atoms with Gasteiger partial charge in [-0.1, -0.05) is 6.92 Å². The van der Waals surface area contributed by atoms with Crippen molar-refractivity contribution in [3.05, 3.63) is 12.2 Å². The predicted octanol–water partition coefficient (Wildman–Crippen LogP) is 0.318. The van der Waals surface area contributed by atoms with Gasteiger partial charge in [0.2, 0.25) is 0 Å². The van der Waals surface area contributed by atoms with Gasteiger partial charge in [0.25, 0.3) is 0 Å². The summed E-state index contributed by atoms with van der Waals surface area (Å²) in [6.45, 7) is 3.21. The Morgan fingerprint density at radius 1 is 1.73 bits per heavy atom. The molecule has 0 amide bonds. The largest absolute Gasteiger partial charge is 0.321 e. The van der Waals surface area contributed by atoms with Gasteiger partial charge in [0.1, 0.15) is 12.2 Å². The second kappa shape index (κ2) is 2.30. The molecule has 1 aliphatic heterocycles. The molecule has 0 spiro atoms. The highest BCUT2D eigenvalue weighted by Gasteiger charge is 2.22. The first kappa shape index (κ1) is 6.79. The SMILES string of the molecule is CC1CC(N)c2nncn2C1. The van der Waals surface area contributed by atoms with Gasteiger partial charge >= 0.3 is 0 Å². The van der Waals surface area contributed by atoms with Crippen LogP contribution in [0.25, 0.3) is 0 Å². The van der Waals surface area contributed by atoms with Gasteiger partial charge < -0.3 is 10.3 Å². The smallest absolute Gasteiger partial charge is 0.149 e. The van der Waals surface area contributed by atoms with Crippen LogP contribution in [0.4, 0.5) is 0 Å². The molecule has 0 radical (unpaired) electrons. The fourth-order valence-corrected chi connectivity index (χ4v) is 1.64. The predicted molar refractivity (Wildman–Crippen MR) is 40.7 cm³/mol. The highest BCUT2D eigenvalue weighted by atomic mass is 15.3. The summed E-state index contributed by atoms with van der Waals surface area (Å²) in [7, 11) is 0. The molecule has 2 atom stereocenters. The zero-order valence-corrected chi connectivity index (χ0v) is 6.57. The summed E-state index contributed by atoms with van der Waals surface area (Å²) in [5.74, 6) is 1.58. The molecule has 11 heavy (non-hydrogen) atoms. The number of nitrogens with two attached hydrogens (primary N) is 1. The topological polar surface area (TPSA) is 56.7 Å². The van der Waals surface area contributed by atoms with Crippen molar-refractivity contribution in [1.82, 2.24) is 14.8 Å². The van der Waals surface area contributed by atoms with Crippen LogP contribution >= 0.6 is 0 Å². The second-order valence-corrected chi connectivity index (χ2v) is 3.29. The molecule has 1 aromatic rings. The summed E-state index contributed by atoms with van der Waals surface area (Å²) in [5.41, 5.74) is 5.86. The summed E-state index contributed by atoms with van der Waals surface area (Å²) in [4.78, 5) is 0. The van der Waals surface area contributed by atoms with Gasteiger partial charge in [0.05, 0.1) is 6.04 Å². The Morgan fingerprint density at radius 3 is 3.36 bits per heavy atom. The molecule has 0 saturated carbocycles. The number of nitrogens with zero attached hydrogens (tertiary/aromatic N) is 3. The zero-order chi connectivity index (χ0) is 7.84. The van der Waals surface area contributed by atoms with Gasteiger partial charge in [-0.2, -0.15) is 0 Å². The lowest BCUT2D eigenvalue weighted by atomic mass is 9.98. The molecule has 0 aromatic carbocycles. The Bertz CT molecular complexity index is 255. The summed E-state index contributed by atoms with van der Waals surface area (Å²) in [6, 6.07) is 0.0845. The quantitative estimate of drug-likeness (QED) is 0.582. The lowest BCUT2D eigenvalue weighted by Gasteiger charge is -2.24. The molecule has 2 heterocycles. The monoisotopic (exact) mass is 152 g/mol. The average Bonchev–Trinajstić information content (AvgIpc) is 2.34. The molecule has 0 aliphatic carbocycles. The van der Waals surface area contributed by atoms with Gasteiger partial charge in [-0.3, -0.25) is 0 Å². The lowest BCUT2D eigenvalue weighted by Crippen LogP contribution is -2.26. The van der Waals surface area contributed by atoms with Crippen LogP contribution in [0.15, 0.2) is 6.33 Å². The molecule has 0 saturated heterocycles. The third-order valence-corrected chi connectivity index (χ3v) is 2.14. The van der Waals surface area contributed by atoms with Crippen LogP contribution in [-0.2, 0) is 6.54 Å². The molecule has 1 aliphatic rings. The van der Waals surface area contributed by atoms with E-state index in [9.17, 15) is 0 Å². The van der Waals surface area contributed by atoms with E-state index in [1.165, 1.54) is 0 Å². The van der Waals surface area contributed by atoms with E-state index < -0.39 is 0 Å². The van der Waals surface area contributed by atoms with Crippen molar-refractivity contribution in [2.24, 2.45) is 11.7 Å². The maximum absolute atomic E-state index is 5.86. The fourth-order valence-electron chi connectivity index (χ4n) is 1.64. The minimum atomic E-state index is 0.0845. The third-order valence-electron chi connectivity index (χ3n) is 2.14. The Hall–Kier alpha value is -0.900. The van der Waals surface area contributed by atoms with Gasteiger partial charge in [0, 0.05) is 6.54 Å². The number of fused-ring (bicyclic) bond motifs is 1. The van der Waals surface area contributed by atoms with Crippen LogP contribution < -0.4 is 5.73 Å². The minimum Gasteiger partial charge on any atom is -0.321 e. The zero-order valence-electron chi connectivity index (χ0n) is 6.57. The van der Waals surface area contributed by atoms with E-state index in [2.05, 4.69) is 17.1 Å². The first-order valence-electron chi connectivity index (χ1n) is 3.90. The van der Waals surface area contributed by atoms with Crippen molar-refractivity contribution >= 4 is 0 Å². The summed E-state index contributed by atoms with van der Waals surface area (Å²) in [5, 5.41) is 7.78. The Labute approximate surface area is 65.4 Å².